The Kier molecular flexibility index (Phi) is 4.04. The maximum Gasteiger partial charge on any atom is 0.410 e. The fraction of sp³-hybridized carbons (Fsp3) is 0.562. The lowest BCUT2D eigenvalue weighted by molar-refractivity contribution is 0.0159. The Bertz CT molecular complexity index is 491. The minimum atomic E-state index is -0.468. The van der Waals surface area contributed by atoms with Gasteiger partial charge in [0.05, 0.1) is 6.04 Å². The number of rotatable bonds is 1. The molecule has 20 heavy (non-hydrogen) atoms. The van der Waals surface area contributed by atoms with Crippen LogP contribution in [0.1, 0.15) is 50.4 Å². The van der Waals surface area contributed by atoms with Crippen molar-refractivity contribution in [3.8, 4) is 0 Å². The monoisotopic (exact) mass is 276 g/mol. The van der Waals surface area contributed by atoms with Gasteiger partial charge in [0.1, 0.15) is 5.60 Å². The second kappa shape index (κ2) is 5.44. The summed E-state index contributed by atoms with van der Waals surface area (Å²) in [6, 6.07) is 6.20. The molecule has 1 aliphatic heterocycles. The summed E-state index contributed by atoms with van der Waals surface area (Å²) in [7, 11) is 0. The van der Waals surface area contributed by atoms with Crippen LogP contribution < -0.4 is 5.73 Å². The lowest BCUT2D eigenvalue weighted by Gasteiger charge is -2.37. The minimum absolute atomic E-state index is 0.00773. The van der Waals surface area contributed by atoms with Crippen molar-refractivity contribution in [2.75, 3.05) is 6.54 Å². The van der Waals surface area contributed by atoms with Gasteiger partial charge in [-0.25, -0.2) is 4.79 Å². The average molecular weight is 276 g/mol. The van der Waals surface area contributed by atoms with Crippen molar-refractivity contribution in [1.82, 2.24) is 4.90 Å². The normalized spacial score (nSPS) is 18.6. The van der Waals surface area contributed by atoms with E-state index in [0.29, 0.717) is 13.1 Å². The molecule has 4 nitrogen and oxygen atoms in total. The number of hydrogen-bond donors (Lipinski definition) is 1. The van der Waals surface area contributed by atoms with Crippen molar-refractivity contribution in [2.45, 2.75) is 52.3 Å². The first-order valence-electron chi connectivity index (χ1n) is 7.14. The predicted octanol–water partition coefficient (Wildman–Crippen LogP) is 3.00. The van der Waals surface area contributed by atoms with Gasteiger partial charge in [-0.15, -0.1) is 0 Å². The average Bonchev–Trinajstić information content (AvgIpc) is 2.36. The highest BCUT2D eigenvalue weighted by Crippen LogP contribution is 2.33. The number of fused-ring (bicyclic) bond motifs is 1. The largest absolute Gasteiger partial charge is 0.444 e. The molecule has 1 amide bonds. The number of nitrogens with zero attached hydrogens (tertiary/aromatic N) is 1. The van der Waals surface area contributed by atoms with Crippen LogP contribution in [0.3, 0.4) is 0 Å². The summed E-state index contributed by atoms with van der Waals surface area (Å²) in [4.78, 5) is 14.1. The van der Waals surface area contributed by atoms with E-state index >= 15 is 0 Å². The zero-order valence-electron chi connectivity index (χ0n) is 12.8. The Morgan fingerprint density at radius 1 is 1.45 bits per heavy atom. The Balaban J connectivity index is 2.27. The molecule has 1 unspecified atom stereocenters. The van der Waals surface area contributed by atoms with Gasteiger partial charge in [-0.3, -0.25) is 0 Å². The number of ether oxygens (including phenoxy) is 1. The molecule has 0 aliphatic carbocycles. The van der Waals surface area contributed by atoms with Crippen molar-refractivity contribution in [3.63, 3.8) is 0 Å². The van der Waals surface area contributed by atoms with E-state index in [2.05, 4.69) is 6.07 Å². The van der Waals surface area contributed by atoms with Crippen molar-refractivity contribution < 1.29 is 9.53 Å². The van der Waals surface area contributed by atoms with Gasteiger partial charge in [-0.1, -0.05) is 18.2 Å². The van der Waals surface area contributed by atoms with E-state index in [9.17, 15) is 4.79 Å². The molecule has 0 radical (unpaired) electrons. The summed E-state index contributed by atoms with van der Waals surface area (Å²) >= 11 is 0. The van der Waals surface area contributed by atoms with Gasteiger partial charge < -0.3 is 15.4 Å². The first kappa shape index (κ1) is 14.9. The lowest BCUT2D eigenvalue weighted by atomic mass is 9.89. The number of amides is 1. The third-order valence-electron chi connectivity index (χ3n) is 3.64. The van der Waals surface area contributed by atoms with E-state index in [1.165, 1.54) is 11.1 Å². The number of carbonyl (C=O) groups excluding carboxylic acids is 1. The fourth-order valence-electron chi connectivity index (χ4n) is 2.76. The molecule has 0 saturated heterocycles. The van der Waals surface area contributed by atoms with Gasteiger partial charge in [0.15, 0.2) is 0 Å². The van der Waals surface area contributed by atoms with Crippen molar-refractivity contribution in [2.24, 2.45) is 5.73 Å². The van der Waals surface area contributed by atoms with Crippen LogP contribution in [-0.2, 0) is 17.7 Å². The van der Waals surface area contributed by atoms with E-state index in [4.69, 9.17) is 10.5 Å². The highest BCUT2D eigenvalue weighted by atomic mass is 16.6. The molecular formula is C16H24N2O2. The van der Waals surface area contributed by atoms with Gasteiger partial charge >= 0.3 is 6.09 Å². The van der Waals surface area contributed by atoms with Crippen molar-refractivity contribution in [1.29, 1.82) is 0 Å². The first-order valence-corrected chi connectivity index (χ1v) is 7.14. The van der Waals surface area contributed by atoms with Gasteiger partial charge in [0, 0.05) is 13.1 Å². The molecule has 1 atom stereocenters. The molecule has 0 fully saturated rings. The second-order valence-corrected chi connectivity index (χ2v) is 6.29. The molecular weight excluding hydrogens is 252 g/mol. The van der Waals surface area contributed by atoms with E-state index in [-0.39, 0.29) is 12.1 Å². The van der Waals surface area contributed by atoms with Crippen LogP contribution in [-0.4, -0.2) is 23.1 Å². The lowest BCUT2D eigenvalue weighted by Crippen LogP contribution is -2.42. The maximum atomic E-state index is 12.3. The third-order valence-corrected chi connectivity index (χ3v) is 3.64. The Labute approximate surface area is 120 Å². The molecule has 1 aliphatic rings. The van der Waals surface area contributed by atoms with E-state index < -0.39 is 5.60 Å². The Morgan fingerprint density at radius 3 is 2.75 bits per heavy atom. The molecule has 0 bridgehead atoms. The molecule has 2 N–H and O–H groups in total. The highest BCUT2D eigenvalue weighted by molar-refractivity contribution is 5.69. The van der Waals surface area contributed by atoms with E-state index in [0.717, 1.165) is 12.0 Å². The van der Waals surface area contributed by atoms with E-state index in [1.807, 2.05) is 39.8 Å². The molecule has 1 heterocycles. The maximum absolute atomic E-state index is 12.3. The smallest absolute Gasteiger partial charge is 0.410 e. The third kappa shape index (κ3) is 2.96. The highest BCUT2D eigenvalue weighted by Gasteiger charge is 2.31. The predicted molar refractivity (Wildman–Crippen MR) is 79.4 cm³/mol. The zero-order valence-corrected chi connectivity index (χ0v) is 12.8. The SMILES string of the molecule is CC1c2c(CN)cccc2CCN1C(=O)OC(C)(C)C. The van der Waals surface area contributed by atoms with Crippen molar-refractivity contribution in [3.05, 3.63) is 34.9 Å². The van der Waals surface area contributed by atoms with Crippen LogP contribution in [0.25, 0.3) is 0 Å². The van der Waals surface area contributed by atoms with E-state index in [1.54, 1.807) is 4.90 Å². The number of nitrogens with two attached hydrogens (primary N) is 1. The first-order chi connectivity index (χ1) is 9.33. The van der Waals surface area contributed by atoms with Gasteiger partial charge in [0.25, 0.3) is 0 Å². The summed E-state index contributed by atoms with van der Waals surface area (Å²) in [6.45, 7) is 8.89. The molecule has 0 spiro atoms. The minimum Gasteiger partial charge on any atom is -0.444 e. The molecule has 1 aromatic rings. The summed E-state index contributed by atoms with van der Waals surface area (Å²) in [5.41, 5.74) is 8.95. The molecule has 2 rings (SSSR count). The molecule has 0 saturated carbocycles. The van der Waals surface area contributed by atoms with Gasteiger partial charge in [-0.2, -0.15) is 0 Å². The van der Waals surface area contributed by atoms with Gasteiger partial charge in [0.2, 0.25) is 0 Å². The van der Waals surface area contributed by atoms with Crippen LogP contribution in [0, 0.1) is 0 Å². The molecule has 110 valence electrons. The Hall–Kier alpha value is -1.55. The quantitative estimate of drug-likeness (QED) is 0.858. The van der Waals surface area contributed by atoms with Crippen molar-refractivity contribution >= 4 is 6.09 Å². The molecule has 1 aromatic carbocycles. The second-order valence-electron chi connectivity index (χ2n) is 6.29. The number of benzene rings is 1. The standard InChI is InChI=1S/C16H24N2O2/c1-11-14-12(6-5-7-13(14)10-17)8-9-18(11)15(19)20-16(2,3)4/h5-7,11H,8-10,17H2,1-4H3. The zero-order chi connectivity index (χ0) is 14.9. The fourth-order valence-corrected chi connectivity index (χ4v) is 2.76. The van der Waals surface area contributed by atoms with Crippen LogP contribution in [0.5, 0.6) is 0 Å². The molecule has 4 heteroatoms. The Morgan fingerprint density at radius 2 is 2.15 bits per heavy atom. The summed E-state index contributed by atoms with van der Waals surface area (Å²) in [5, 5.41) is 0. The number of carbonyl (C=O) groups is 1. The van der Waals surface area contributed by atoms with Crippen LogP contribution >= 0.6 is 0 Å². The number of hydrogen-bond acceptors (Lipinski definition) is 3. The van der Waals surface area contributed by atoms with Crippen LogP contribution in [0.4, 0.5) is 4.79 Å². The van der Waals surface area contributed by atoms with Crippen LogP contribution in [0.15, 0.2) is 18.2 Å². The summed E-state index contributed by atoms with van der Waals surface area (Å²) in [5.74, 6) is 0. The van der Waals surface area contributed by atoms with Crippen LogP contribution in [0.2, 0.25) is 0 Å². The molecule has 0 aromatic heterocycles. The summed E-state index contributed by atoms with van der Waals surface area (Å²) < 4.78 is 5.49. The van der Waals surface area contributed by atoms with Gasteiger partial charge in [-0.05, 0) is 50.8 Å². The topological polar surface area (TPSA) is 55.6 Å². The summed E-state index contributed by atoms with van der Waals surface area (Å²) in [6.07, 6.45) is 0.606.